The number of benzene rings is 2. The lowest BCUT2D eigenvalue weighted by Crippen LogP contribution is -2.11. The SMILES string of the molecule is CC1C[C@H](c2c(Cl)cccc2CC(F)F)n2c1nc1cc(F)c(Br)cc12. The van der Waals surface area contributed by atoms with Crippen LogP contribution in [0.2, 0.25) is 5.02 Å². The summed E-state index contributed by atoms with van der Waals surface area (Å²) in [6.45, 7) is 2.03. The van der Waals surface area contributed by atoms with Gasteiger partial charge >= 0.3 is 0 Å². The van der Waals surface area contributed by atoms with Crippen molar-refractivity contribution in [2.45, 2.75) is 38.2 Å². The van der Waals surface area contributed by atoms with Crippen molar-refractivity contribution in [3.8, 4) is 0 Å². The molecule has 2 nitrogen and oxygen atoms in total. The predicted molar refractivity (Wildman–Crippen MR) is 99.7 cm³/mol. The molecule has 1 unspecified atom stereocenters. The Bertz CT molecular complexity index is 1000. The molecule has 2 atom stereocenters. The van der Waals surface area contributed by atoms with Crippen LogP contribution in [0.15, 0.2) is 34.8 Å². The van der Waals surface area contributed by atoms with Crippen molar-refractivity contribution in [2.75, 3.05) is 0 Å². The predicted octanol–water partition coefficient (Wildman–Crippen LogP) is 6.50. The van der Waals surface area contributed by atoms with E-state index in [-0.39, 0.29) is 24.2 Å². The van der Waals surface area contributed by atoms with E-state index in [9.17, 15) is 13.2 Å². The number of hydrogen-bond donors (Lipinski definition) is 0. The summed E-state index contributed by atoms with van der Waals surface area (Å²) in [6.07, 6.45) is -2.08. The highest BCUT2D eigenvalue weighted by molar-refractivity contribution is 9.10. The molecule has 136 valence electrons. The molecule has 1 aliphatic heterocycles. The second-order valence-corrected chi connectivity index (χ2v) is 7.92. The normalized spacial score (nSPS) is 19.5. The third-order valence-corrected chi connectivity index (χ3v) is 5.88. The van der Waals surface area contributed by atoms with Crippen LogP contribution in [0.25, 0.3) is 11.0 Å². The van der Waals surface area contributed by atoms with E-state index < -0.39 is 6.43 Å². The summed E-state index contributed by atoms with van der Waals surface area (Å²) in [5.41, 5.74) is 2.57. The van der Waals surface area contributed by atoms with Crippen molar-refractivity contribution >= 4 is 38.6 Å². The zero-order chi connectivity index (χ0) is 18.6. The second kappa shape index (κ2) is 6.57. The molecule has 0 saturated heterocycles. The minimum Gasteiger partial charge on any atom is -0.320 e. The van der Waals surface area contributed by atoms with Crippen LogP contribution in [0.5, 0.6) is 0 Å². The van der Waals surface area contributed by atoms with Crippen molar-refractivity contribution in [1.82, 2.24) is 9.55 Å². The third kappa shape index (κ3) is 2.83. The quantitative estimate of drug-likeness (QED) is 0.452. The van der Waals surface area contributed by atoms with Gasteiger partial charge in [-0.15, -0.1) is 0 Å². The van der Waals surface area contributed by atoms with E-state index in [0.717, 1.165) is 11.3 Å². The summed E-state index contributed by atoms with van der Waals surface area (Å²) in [5, 5.41) is 0.469. The topological polar surface area (TPSA) is 17.8 Å². The summed E-state index contributed by atoms with van der Waals surface area (Å²) in [7, 11) is 0. The molecule has 0 spiro atoms. The zero-order valence-corrected chi connectivity index (χ0v) is 16.2. The molecule has 0 radical (unpaired) electrons. The average molecular weight is 444 g/mol. The van der Waals surface area contributed by atoms with Crippen molar-refractivity contribution < 1.29 is 13.2 Å². The van der Waals surface area contributed by atoms with Gasteiger partial charge in [-0.1, -0.05) is 30.7 Å². The maximum Gasteiger partial charge on any atom is 0.242 e. The molecule has 7 heteroatoms. The van der Waals surface area contributed by atoms with E-state index >= 15 is 0 Å². The third-order valence-electron chi connectivity index (χ3n) is 4.94. The standard InChI is InChI=1S/C19H15BrClF3N2/c1-9-5-16(18-10(6-17(23)24)3-2-4-12(18)21)26-15-7-11(20)13(22)8-14(15)25-19(9)26/h2-4,7-9,16-17H,5-6H2,1H3/t9?,16-/m1/s1. The molecule has 0 bridgehead atoms. The summed E-state index contributed by atoms with van der Waals surface area (Å²) in [5.74, 6) is 0.560. The molecule has 4 rings (SSSR count). The molecule has 0 saturated carbocycles. The number of nitrogens with zero attached hydrogens (tertiary/aromatic N) is 2. The van der Waals surface area contributed by atoms with Crippen molar-refractivity contribution in [1.29, 1.82) is 0 Å². The van der Waals surface area contributed by atoms with Gasteiger partial charge in [-0.2, -0.15) is 0 Å². The number of fused-ring (bicyclic) bond motifs is 3. The van der Waals surface area contributed by atoms with Crippen LogP contribution >= 0.6 is 27.5 Å². The van der Waals surface area contributed by atoms with Crippen LogP contribution in [0.3, 0.4) is 0 Å². The van der Waals surface area contributed by atoms with Crippen LogP contribution in [-0.4, -0.2) is 16.0 Å². The van der Waals surface area contributed by atoms with E-state index in [1.54, 1.807) is 24.3 Å². The average Bonchev–Trinajstić information content (AvgIpc) is 3.06. The van der Waals surface area contributed by atoms with E-state index in [1.807, 2.05) is 11.5 Å². The van der Waals surface area contributed by atoms with Crippen molar-refractivity contribution in [3.63, 3.8) is 0 Å². The van der Waals surface area contributed by atoms with Gasteiger partial charge in [0.25, 0.3) is 0 Å². The van der Waals surface area contributed by atoms with Gasteiger partial charge in [0.05, 0.1) is 21.5 Å². The summed E-state index contributed by atoms with van der Waals surface area (Å²) >= 11 is 9.65. The van der Waals surface area contributed by atoms with E-state index in [2.05, 4.69) is 20.9 Å². The summed E-state index contributed by atoms with van der Waals surface area (Å²) in [4.78, 5) is 4.58. The van der Waals surface area contributed by atoms with Gasteiger partial charge < -0.3 is 4.57 Å². The molecule has 2 heterocycles. The molecule has 1 aliphatic rings. The van der Waals surface area contributed by atoms with Gasteiger partial charge in [0.1, 0.15) is 11.6 Å². The lowest BCUT2D eigenvalue weighted by Gasteiger charge is -2.20. The minimum atomic E-state index is -2.45. The highest BCUT2D eigenvalue weighted by Crippen LogP contribution is 2.45. The highest BCUT2D eigenvalue weighted by atomic mass is 79.9. The Kier molecular flexibility index (Phi) is 4.51. The summed E-state index contributed by atoms with van der Waals surface area (Å²) < 4.78 is 42.4. The first-order valence-electron chi connectivity index (χ1n) is 8.29. The highest BCUT2D eigenvalue weighted by Gasteiger charge is 2.35. The maximum absolute atomic E-state index is 13.9. The van der Waals surface area contributed by atoms with Gasteiger partial charge in [-0.25, -0.2) is 18.2 Å². The van der Waals surface area contributed by atoms with Gasteiger partial charge in [0, 0.05) is 23.4 Å². The monoisotopic (exact) mass is 442 g/mol. The molecular formula is C19H15BrClF3N2. The second-order valence-electron chi connectivity index (χ2n) is 6.66. The van der Waals surface area contributed by atoms with E-state index in [1.165, 1.54) is 6.07 Å². The first-order chi connectivity index (χ1) is 12.4. The number of halogens is 5. The van der Waals surface area contributed by atoms with Gasteiger partial charge in [0.2, 0.25) is 6.43 Å². The molecular weight excluding hydrogens is 429 g/mol. The Morgan fingerprint density at radius 2 is 2.12 bits per heavy atom. The van der Waals surface area contributed by atoms with Gasteiger partial charge in [-0.3, -0.25) is 0 Å². The Labute approximate surface area is 162 Å². The number of hydrogen-bond acceptors (Lipinski definition) is 1. The lowest BCUT2D eigenvalue weighted by molar-refractivity contribution is 0.148. The zero-order valence-electron chi connectivity index (χ0n) is 13.8. The fraction of sp³-hybridized carbons (Fsp3) is 0.316. The lowest BCUT2D eigenvalue weighted by atomic mass is 9.94. The molecule has 3 aromatic rings. The van der Waals surface area contributed by atoms with E-state index in [4.69, 9.17) is 11.6 Å². The molecule has 0 fully saturated rings. The smallest absolute Gasteiger partial charge is 0.242 e. The molecule has 2 aromatic carbocycles. The van der Waals surface area contributed by atoms with Crippen LogP contribution in [-0.2, 0) is 6.42 Å². The molecule has 26 heavy (non-hydrogen) atoms. The number of rotatable bonds is 3. The molecule has 1 aromatic heterocycles. The van der Waals surface area contributed by atoms with Gasteiger partial charge in [-0.05, 0) is 45.6 Å². The van der Waals surface area contributed by atoms with Crippen LogP contribution in [0, 0.1) is 5.82 Å². The molecule has 0 N–H and O–H groups in total. The first kappa shape index (κ1) is 17.9. The summed E-state index contributed by atoms with van der Waals surface area (Å²) in [6, 6.07) is 8.00. The minimum absolute atomic E-state index is 0.116. The first-order valence-corrected chi connectivity index (χ1v) is 9.46. The van der Waals surface area contributed by atoms with Crippen LogP contribution in [0.4, 0.5) is 13.2 Å². The van der Waals surface area contributed by atoms with Gasteiger partial charge in [0.15, 0.2) is 0 Å². The Balaban J connectivity index is 1.94. The van der Waals surface area contributed by atoms with Crippen molar-refractivity contribution in [3.05, 3.63) is 62.6 Å². The Hall–Kier alpha value is -1.53. The van der Waals surface area contributed by atoms with E-state index in [0.29, 0.717) is 32.6 Å². The largest absolute Gasteiger partial charge is 0.320 e. The molecule has 0 amide bonds. The number of alkyl halides is 2. The maximum atomic E-state index is 13.9. The van der Waals surface area contributed by atoms with Crippen LogP contribution in [0.1, 0.15) is 42.3 Å². The number of aromatic nitrogens is 2. The fourth-order valence-electron chi connectivity index (χ4n) is 3.88. The van der Waals surface area contributed by atoms with Crippen LogP contribution < -0.4 is 0 Å². The number of imidazole rings is 1. The van der Waals surface area contributed by atoms with Crippen molar-refractivity contribution in [2.24, 2.45) is 0 Å². The Morgan fingerprint density at radius 3 is 2.85 bits per heavy atom. The Morgan fingerprint density at radius 1 is 1.35 bits per heavy atom. The fourth-order valence-corrected chi connectivity index (χ4v) is 4.53. The molecule has 0 aliphatic carbocycles.